The number of rotatable bonds is 6. The second-order valence-electron chi connectivity index (χ2n) is 6.23. The zero-order chi connectivity index (χ0) is 16.2. The van der Waals surface area contributed by atoms with Crippen LogP contribution in [0.2, 0.25) is 0 Å². The molecule has 0 radical (unpaired) electrons. The number of hydrogen-bond acceptors (Lipinski definition) is 3. The Kier molecular flexibility index (Phi) is 4.98. The Morgan fingerprint density at radius 1 is 1.26 bits per heavy atom. The van der Waals surface area contributed by atoms with Gasteiger partial charge in [-0.3, -0.25) is 0 Å². The van der Waals surface area contributed by atoms with E-state index in [-0.39, 0.29) is 0 Å². The van der Waals surface area contributed by atoms with Crippen molar-refractivity contribution in [3.63, 3.8) is 0 Å². The molecule has 0 aliphatic carbocycles. The highest BCUT2D eigenvalue weighted by atomic mass is 16.4. The summed E-state index contributed by atoms with van der Waals surface area (Å²) in [5.41, 5.74) is 2.78. The standard InChI is InChI=1S/C18H25N3O2/c1-2-8-21-13-15(5-9-20-10-6-19-7-11-20)16-12-14(18(22)23)3-4-17(16)21/h3-4,12-13,19H,2,5-11H2,1H3,(H,22,23). The van der Waals surface area contributed by atoms with E-state index in [4.69, 9.17) is 0 Å². The lowest BCUT2D eigenvalue weighted by atomic mass is 10.1. The van der Waals surface area contributed by atoms with Crippen molar-refractivity contribution >= 4 is 16.9 Å². The first kappa shape index (κ1) is 16.0. The van der Waals surface area contributed by atoms with Crippen LogP contribution in [-0.4, -0.2) is 53.3 Å². The summed E-state index contributed by atoms with van der Waals surface area (Å²) in [6.07, 6.45) is 4.25. The quantitative estimate of drug-likeness (QED) is 0.858. The van der Waals surface area contributed by atoms with Crippen molar-refractivity contribution in [2.75, 3.05) is 32.7 Å². The average Bonchev–Trinajstić information content (AvgIpc) is 2.91. The van der Waals surface area contributed by atoms with Gasteiger partial charge < -0.3 is 19.9 Å². The highest BCUT2D eigenvalue weighted by Crippen LogP contribution is 2.24. The van der Waals surface area contributed by atoms with E-state index in [0.29, 0.717) is 5.56 Å². The Hall–Kier alpha value is -1.85. The number of hydrogen-bond donors (Lipinski definition) is 2. The van der Waals surface area contributed by atoms with Gasteiger partial charge in [0.2, 0.25) is 0 Å². The molecule has 23 heavy (non-hydrogen) atoms. The third kappa shape index (κ3) is 3.57. The molecule has 5 heteroatoms. The molecule has 1 fully saturated rings. The van der Waals surface area contributed by atoms with Crippen LogP contribution in [0.15, 0.2) is 24.4 Å². The predicted octanol–water partition coefficient (Wildman–Crippen LogP) is 2.20. The molecule has 1 aliphatic rings. The Balaban J connectivity index is 1.87. The number of aryl methyl sites for hydroxylation is 1. The lowest BCUT2D eigenvalue weighted by Crippen LogP contribution is -2.44. The van der Waals surface area contributed by atoms with Crippen LogP contribution in [0.5, 0.6) is 0 Å². The van der Waals surface area contributed by atoms with Gasteiger partial charge in [0.1, 0.15) is 0 Å². The molecule has 1 saturated heterocycles. The van der Waals surface area contributed by atoms with Gasteiger partial charge in [-0.05, 0) is 36.6 Å². The summed E-state index contributed by atoms with van der Waals surface area (Å²) in [5, 5.41) is 13.7. The van der Waals surface area contributed by atoms with Crippen LogP contribution >= 0.6 is 0 Å². The van der Waals surface area contributed by atoms with Crippen LogP contribution in [-0.2, 0) is 13.0 Å². The van der Waals surface area contributed by atoms with Gasteiger partial charge in [-0.1, -0.05) is 6.92 Å². The lowest BCUT2D eigenvalue weighted by Gasteiger charge is -2.26. The summed E-state index contributed by atoms with van der Waals surface area (Å²) in [7, 11) is 0. The van der Waals surface area contributed by atoms with Gasteiger partial charge in [0, 0.05) is 56.4 Å². The fourth-order valence-corrected chi connectivity index (χ4v) is 3.34. The van der Waals surface area contributed by atoms with E-state index >= 15 is 0 Å². The van der Waals surface area contributed by atoms with Gasteiger partial charge >= 0.3 is 5.97 Å². The van der Waals surface area contributed by atoms with Gasteiger partial charge in [-0.15, -0.1) is 0 Å². The van der Waals surface area contributed by atoms with Gasteiger partial charge in [0.25, 0.3) is 0 Å². The number of nitrogens with zero attached hydrogens (tertiary/aromatic N) is 2. The SMILES string of the molecule is CCCn1cc(CCN2CCNCC2)c2cc(C(=O)O)ccc21. The van der Waals surface area contributed by atoms with E-state index in [1.54, 1.807) is 6.07 Å². The third-order valence-electron chi connectivity index (χ3n) is 4.58. The number of aromatic nitrogens is 1. The summed E-state index contributed by atoms with van der Waals surface area (Å²) >= 11 is 0. The number of fused-ring (bicyclic) bond motifs is 1. The molecule has 1 aromatic carbocycles. The van der Waals surface area contributed by atoms with Crippen LogP contribution in [0.4, 0.5) is 0 Å². The molecule has 1 aliphatic heterocycles. The predicted molar refractivity (Wildman–Crippen MR) is 92.2 cm³/mol. The minimum Gasteiger partial charge on any atom is -0.478 e. The summed E-state index contributed by atoms with van der Waals surface area (Å²) in [5.74, 6) is -0.858. The van der Waals surface area contributed by atoms with Crippen molar-refractivity contribution in [2.24, 2.45) is 0 Å². The van der Waals surface area contributed by atoms with Crippen molar-refractivity contribution in [2.45, 2.75) is 26.3 Å². The maximum atomic E-state index is 11.3. The summed E-state index contributed by atoms with van der Waals surface area (Å²) in [4.78, 5) is 13.7. The summed E-state index contributed by atoms with van der Waals surface area (Å²) in [6.45, 7) is 8.46. The van der Waals surface area contributed by atoms with Gasteiger partial charge in [0.05, 0.1) is 5.56 Å². The van der Waals surface area contributed by atoms with Gasteiger partial charge in [-0.25, -0.2) is 4.79 Å². The number of carboxylic acids is 1. The molecule has 0 bridgehead atoms. The van der Waals surface area contributed by atoms with Gasteiger partial charge in [-0.2, -0.15) is 0 Å². The van der Waals surface area contributed by atoms with Crippen molar-refractivity contribution in [1.29, 1.82) is 0 Å². The van der Waals surface area contributed by atoms with Crippen LogP contribution in [0.1, 0.15) is 29.3 Å². The second kappa shape index (κ2) is 7.15. The summed E-state index contributed by atoms with van der Waals surface area (Å²) < 4.78 is 2.26. The average molecular weight is 315 g/mol. The largest absolute Gasteiger partial charge is 0.478 e. The minimum atomic E-state index is -0.858. The fraction of sp³-hybridized carbons (Fsp3) is 0.500. The zero-order valence-corrected chi connectivity index (χ0v) is 13.7. The molecule has 1 aromatic heterocycles. The van der Waals surface area contributed by atoms with E-state index in [2.05, 4.69) is 27.9 Å². The van der Waals surface area contributed by atoms with Crippen LogP contribution < -0.4 is 5.32 Å². The van der Waals surface area contributed by atoms with E-state index in [0.717, 1.165) is 63.0 Å². The lowest BCUT2D eigenvalue weighted by molar-refractivity contribution is 0.0697. The number of benzene rings is 1. The minimum absolute atomic E-state index is 0.371. The highest BCUT2D eigenvalue weighted by molar-refractivity contribution is 5.95. The normalized spacial score (nSPS) is 16.0. The van der Waals surface area contributed by atoms with Crippen molar-refractivity contribution in [3.05, 3.63) is 35.5 Å². The highest BCUT2D eigenvalue weighted by Gasteiger charge is 2.14. The van der Waals surface area contributed by atoms with E-state index in [1.165, 1.54) is 5.56 Å². The van der Waals surface area contributed by atoms with Crippen LogP contribution in [0.3, 0.4) is 0 Å². The first-order valence-corrected chi connectivity index (χ1v) is 8.47. The topological polar surface area (TPSA) is 57.5 Å². The molecular weight excluding hydrogens is 290 g/mol. The first-order chi connectivity index (χ1) is 11.2. The molecule has 0 atom stereocenters. The molecule has 0 unspecified atom stereocenters. The summed E-state index contributed by atoms with van der Waals surface area (Å²) in [6, 6.07) is 5.48. The number of nitrogens with one attached hydrogen (secondary N) is 1. The molecule has 5 nitrogen and oxygen atoms in total. The molecule has 2 aromatic rings. The van der Waals surface area contributed by atoms with Crippen molar-refractivity contribution in [1.82, 2.24) is 14.8 Å². The van der Waals surface area contributed by atoms with E-state index in [1.807, 2.05) is 12.1 Å². The smallest absolute Gasteiger partial charge is 0.335 e. The zero-order valence-electron chi connectivity index (χ0n) is 13.7. The van der Waals surface area contributed by atoms with Crippen LogP contribution in [0, 0.1) is 0 Å². The van der Waals surface area contributed by atoms with Crippen molar-refractivity contribution < 1.29 is 9.90 Å². The van der Waals surface area contributed by atoms with E-state index < -0.39 is 5.97 Å². The Morgan fingerprint density at radius 2 is 2.04 bits per heavy atom. The Morgan fingerprint density at radius 3 is 2.74 bits per heavy atom. The number of aromatic carboxylic acids is 1. The number of carbonyl (C=O) groups is 1. The molecular formula is C18H25N3O2. The maximum Gasteiger partial charge on any atom is 0.335 e. The Bertz CT molecular complexity index is 687. The van der Waals surface area contributed by atoms with Crippen molar-refractivity contribution in [3.8, 4) is 0 Å². The fourth-order valence-electron chi connectivity index (χ4n) is 3.34. The third-order valence-corrected chi connectivity index (χ3v) is 4.58. The molecule has 0 amide bonds. The monoisotopic (exact) mass is 315 g/mol. The molecule has 0 saturated carbocycles. The molecule has 124 valence electrons. The van der Waals surface area contributed by atoms with Crippen LogP contribution in [0.25, 0.3) is 10.9 Å². The molecule has 0 spiro atoms. The number of piperazine rings is 1. The Labute approximate surface area is 136 Å². The molecule has 2 heterocycles. The molecule has 2 N–H and O–H groups in total. The number of carboxylic acid groups (broad SMARTS) is 1. The van der Waals surface area contributed by atoms with Gasteiger partial charge in [0.15, 0.2) is 0 Å². The maximum absolute atomic E-state index is 11.3. The molecule has 3 rings (SSSR count). The van der Waals surface area contributed by atoms with E-state index in [9.17, 15) is 9.90 Å². The second-order valence-corrected chi connectivity index (χ2v) is 6.23. The first-order valence-electron chi connectivity index (χ1n) is 8.47.